The zero-order valence-electron chi connectivity index (χ0n) is 9.50. The van der Waals surface area contributed by atoms with Crippen molar-refractivity contribution in [3.05, 3.63) is 23.7 Å². The Morgan fingerprint density at radius 1 is 1.43 bits per heavy atom. The van der Waals surface area contributed by atoms with Gasteiger partial charge in [0.05, 0.1) is 12.4 Å². The van der Waals surface area contributed by atoms with Crippen LogP contribution in [0.2, 0.25) is 0 Å². The molecule has 1 N–H and O–H groups in total. The van der Waals surface area contributed by atoms with Crippen molar-refractivity contribution in [2.45, 2.75) is 46.6 Å². The lowest BCUT2D eigenvalue weighted by Crippen LogP contribution is -2.08. The second-order valence-electron chi connectivity index (χ2n) is 5.05. The Hall–Kier alpha value is -0.760. The predicted molar refractivity (Wildman–Crippen MR) is 57.1 cm³/mol. The highest BCUT2D eigenvalue weighted by atomic mass is 16.3. The zero-order valence-corrected chi connectivity index (χ0v) is 9.50. The average molecular weight is 196 g/mol. The van der Waals surface area contributed by atoms with Gasteiger partial charge in [-0.3, -0.25) is 0 Å². The standard InChI is InChI=1S/C12H20O2/c1-9-10(6-8-14-9)11(13)5-7-12(2,3)4/h6,8,11,13H,5,7H2,1-4H3. The summed E-state index contributed by atoms with van der Waals surface area (Å²) in [5, 5.41) is 9.89. The molecular weight excluding hydrogens is 176 g/mol. The summed E-state index contributed by atoms with van der Waals surface area (Å²) in [7, 11) is 0. The Morgan fingerprint density at radius 2 is 2.07 bits per heavy atom. The number of furan rings is 1. The number of aliphatic hydroxyl groups is 1. The fourth-order valence-corrected chi connectivity index (χ4v) is 1.47. The first-order chi connectivity index (χ1) is 6.40. The molecule has 0 aromatic carbocycles. The molecule has 0 aliphatic rings. The molecule has 0 amide bonds. The van der Waals surface area contributed by atoms with Crippen LogP contribution < -0.4 is 0 Å². The molecule has 2 heteroatoms. The van der Waals surface area contributed by atoms with Crippen molar-refractivity contribution in [2.24, 2.45) is 5.41 Å². The fourth-order valence-electron chi connectivity index (χ4n) is 1.47. The second kappa shape index (κ2) is 4.18. The van der Waals surface area contributed by atoms with Crippen LogP contribution in [0.1, 0.15) is 51.0 Å². The Bertz CT molecular complexity index is 281. The molecule has 0 saturated carbocycles. The van der Waals surface area contributed by atoms with Gasteiger partial charge in [0.2, 0.25) is 0 Å². The molecule has 1 heterocycles. The smallest absolute Gasteiger partial charge is 0.106 e. The highest BCUT2D eigenvalue weighted by molar-refractivity contribution is 5.18. The summed E-state index contributed by atoms with van der Waals surface area (Å²) < 4.78 is 5.16. The summed E-state index contributed by atoms with van der Waals surface area (Å²) in [6.45, 7) is 8.43. The Balaban J connectivity index is 2.51. The van der Waals surface area contributed by atoms with Crippen LogP contribution >= 0.6 is 0 Å². The van der Waals surface area contributed by atoms with E-state index in [2.05, 4.69) is 20.8 Å². The molecule has 1 aromatic heterocycles. The van der Waals surface area contributed by atoms with Crippen LogP contribution in [0, 0.1) is 12.3 Å². The minimum Gasteiger partial charge on any atom is -0.469 e. The first kappa shape index (κ1) is 11.3. The molecule has 0 radical (unpaired) electrons. The molecule has 1 atom stereocenters. The molecule has 14 heavy (non-hydrogen) atoms. The summed E-state index contributed by atoms with van der Waals surface area (Å²) in [6, 6.07) is 1.85. The molecule has 0 saturated heterocycles. The Labute approximate surface area is 85.9 Å². The third kappa shape index (κ3) is 3.18. The van der Waals surface area contributed by atoms with Crippen molar-refractivity contribution in [3.8, 4) is 0 Å². The van der Waals surface area contributed by atoms with Gasteiger partial charge < -0.3 is 9.52 Å². The van der Waals surface area contributed by atoms with Crippen LogP contribution in [0.15, 0.2) is 16.7 Å². The van der Waals surface area contributed by atoms with E-state index in [4.69, 9.17) is 4.42 Å². The lowest BCUT2D eigenvalue weighted by atomic mass is 9.88. The number of aryl methyl sites for hydroxylation is 1. The molecule has 1 rings (SSSR count). The average Bonchev–Trinajstić information content (AvgIpc) is 2.46. The fraction of sp³-hybridized carbons (Fsp3) is 0.667. The maximum absolute atomic E-state index is 9.89. The summed E-state index contributed by atoms with van der Waals surface area (Å²) in [5.41, 5.74) is 1.20. The van der Waals surface area contributed by atoms with E-state index in [1.165, 1.54) is 0 Å². The van der Waals surface area contributed by atoms with Crippen molar-refractivity contribution < 1.29 is 9.52 Å². The Morgan fingerprint density at radius 3 is 2.50 bits per heavy atom. The Kier molecular flexibility index (Phi) is 3.38. The third-order valence-electron chi connectivity index (χ3n) is 2.43. The van der Waals surface area contributed by atoms with Crippen LogP contribution in [0.4, 0.5) is 0 Å². The number of rotatable bonds is 3. The highest BCUT2D eigenvalue weighted by Gasteiger charge is 2.17. The van der Waals surface area contributed by atoms with Gasteiger partial charge in [0, 0.05) is 5.56 Å². The highest BCUT2D eigenvalue weighted by Crippen LogP contribution is 2.28. The van der Waals surface area contributed by atoms with Gasteiger partial charge in [0.15, 0.2) is 0 Å². The molecule has 0 spiro atoms. The minimum atomic E-state index is -0.382. The molecule has 0 bridgehead atoms. The first-order valence-corrected chi connectivity index (χ1v) is 5.12. The second-order valence-corrected chi connectivity index (χ2v) is 5.05. The van der Waals surface area contributed by atoms with E-state index in [0.29, 0.717) is 0 Å². The van der Waals surface area contributed by atoms with Crippen LogP contribution in [0.3, 0.4) is 0 Å². The summed E-state index contributed by atoms with van der Waals surface area (Å²) in [5.74, 6) is 0.825. The van der Waals surface area contributed by atoms with Crippen molar-refractivity contribution in [1.29, 1.82) is 0 Å². The van der Waals surface area contributed by atoms with Crippen molar-refractivity contribution in [2.75, 3.05) is 0 Å². The number of aliphatic hydroxyl groups excluding tert-OH is 1. The van der Waals surface area contributed by atoms with Gasteiger partial charge in [-0.25, -0.2) is 0 Å². The van der Waals surface area contributed by atoms with Crippen LogP contribution in [-0.2, 0) is 0 Å². The molecule has 2 nitrogen and oxygen atoms in total. The monoisotopic (exact) mass is 196 g/mol. The molecule has 1 aromatic rings. The van der Waals surface area contributed by atoms with Gasteiger partial charge in [-0.1, -0.05) is 20.8 Å². The van der Waals surface area contributed by atoms with Crippen LogP contribution in [0.25, 0.3) is 0 Å². The largest absolute Gasteiger partial charge is 0.469 e. The van der Waals surface area contributed by atoms with Crippen molar-refractivity contribution >= 4 is 0 Å². The van der Waals surface area contributed by atoms with Crippen LogP contribution in [-0.4, -0.2) is 5.11 Å². The van der Waals surface area contributed by atoms with Gasteiger partial charge in [-0.15, -0.1) is 0 Å². The van der Waals surface area contributed by atoms with Gasteiger partial charge in [0.25, 0.3) is 0 Å². The predicted octanol–water partition coefficient (Wildman–Crippen LogP) is 3.45. The van der Waals surface area contributed by atoms with E-state index >= 15 is 0 Å². The maximum atomic E-state index is 9.89. The lowest BCUT2D eigenvalue weighted by Gasteiger charge is -2.20. The van der Waals surface area contributed by atoms with E-state index in [0.717, 1.165) is 24.2 Å². The molecule has 0 aliphatic heterocycles. The molecule has 80 valence electrons. The van der Waals surface area contributed by atoms with E-state index < -0.39 is 0 Å². The number of hydrogen-bond acceptors (Lipinski definition) is 2. The summed E-state index contributed by atoms with van der Waals surface area (Å²) in [4.78, 5) is 0. The van der Waals surface area contributed by atoms with Gasteiger partial charge >= 0.3 is 0 Å². The minimum absolute atomic E-state index is 0.276. The molecular formula is C12H20O2. The normalized spacial score (nSPS) is 14.4. The van der Waals surface area contributed by atoms with E-state index in [1.54, 1.807) is 6.26 Å². The van der Waals surface area contributed by atoms with Crippen molar-refractivity contribution in [1.82, 2.24) is 0 Å². The van der Waals surface area contributed by atoms with Gasteiger partial charge in [0.1, 0.15) is 5.76 Å². The van der Waals surface area contributed by atoms with E-state index in [1.807, 2.05) is 13.0 Å². The van der Waals surface area contributed by atoms with Crippen LogP contribution in [0.5, 0.6) is 0 Å². The van der Waals surface area contributed by atoms with Gasteiger partial charge in [-0.05, 0) is 31.2 Å². The topological polar surface area (TPSA) is 33.4 Å². The summed E-state index contributed by atoms with van der Waals surface area (Å²) in [6.07, 6.45) is 3.06. The lowest BCUT2D eigenvalue weighted by molar-refractivity contribution is 0.146. The zero-order chi connectivity index (χ0) is 10.8. The SMILES string of the molecule is Cc1occc1C(O)CCC(C)(C)C. The van der Waals surface area contributed by atoms with Gasteiger partial charge in [-0.2, -0.15) is 0 Å². The van der Waals surface area contributed by atoms with E-state index in [9.17, 15) is 5.11 Å². The third-order valence-corrected chi connectivity index (χ3v) is 2.43. The maximum Gasteiger partial charge on any atom is 0.106 e. The summed E-state index contributed by atoms with van der Waals surface area (Å²) >= 11 is 0. The molecule has 0 fully saturated rings. The quantitative estimate of drug-likeness (QED) is 0.803. The molecule has 1 unspecified atom stereocenters. The first-order valence-electron chi connectivity index (χ1n) is 5.12. The molecule has 0 aliphatic carbocycles. The van der Waals surface area contributed by atoms with E-state index in [-0.39, 0.29) is 11.5 Å². The van der Waals surface area contributed by atoms with Crippen molar-refractivity contribution in [3.63, 3.8) is 0 Å². The number of hydrogen-bond donors (Lipinski definition) is 1.